The molecule has 0 saturated carbocycles. The largest absolute Gasteiger partial charge is 0.435 e. The van der Waals surface area contributed by atoms with Gasteiger partial charge in [-0.3, -0.25) is 0 Å². The predicted octanol–water partition coefficient (Wildman–Crippen LogP) is -0.616. The highest BCUT2D eigenvalue weighted by Crippen LogP contribution is 1.93. The average molecular weight is 145 g/mol. The van der Waals surface area contributed by atoms with Gasteiger partial charge in [0.15, 0.2) is 6.79 Å². The highest BCUT2D eigenvalue weighted by molar-refractivity contribution is 5.87. The number of rotatable bonds is 3. The van der Waals surface area contributed by atoms with Crippen LogP contribution in [-0.4, -0.2) is 24.4 Å². The molecule has 0 radical (unpaired) electrons. The Labute approximate surface area is 59.3 Å². The van der Waals surface area contributed by atoms with Gasteiger partial charge in [0.2, 0.25) is 0 Å². The Kier molecular flexibility index (Phi) is 4.53. The van der Waals surface area contributed by atoms with Crippen molar-refractivity contribution in [2.75, 3.05) is 13.3 Å². The number of aliphatic hydroxyl groups excluding tert-OH is 1. The van der Waals surface area contributed by atoms with Gasteiger partial charge in [-0.05, 0) is 6.92 Å². The molecule has 0 bridgehead atoms. The van der Waals surface area contributed by atoms with Crippen LogP contribution < -0.4 is 5.73 Å². The zero-order chi connectivity index (χ0) is 7.98. The number of ether oxygens (including phenoxy) is 1. The molecule has 0 atom stereocenters. The van der Waals surface area contributed by atoms with Gasteiger partial charge in [-0.25, -0.2) is 4.79 Å². The summed E-state index contributed by atoms with van der Waals surface area (Å²) in [6, 6.07) is 0. The van der Waals surface area contributed by atoms with E-state index in [1.807, 2.05) is 0 Å². The Morgan fingerprint density at radius 3 is 2.80 bits per heavy atom. The van der Waals surface area contributed by atoms with Crippen LogP contribution in [0.2, 0.25) is 0 Å². The average Bonchev–Trinajstić information content (AvgIpc) is 1.89. The summed E-state index contributed by atoms with van der Waals surface area (Å²) in [6.07, 6.45) is 1.53. The minimum atomic E-state index is -0.589. The third kappa shape index (κ3) is 3.21. The maximum atomic E-state index is 10.6. The summed E-state index contributed by atoms with van der Waals surface area (Å²) < 4.78 is 4.25. The number of hydrogen-bond acceptors (Lipinski definition) is 4. The fraction of sp³-hybridized carbons (Fsp3) is 0.500. The van der Waals surface area contributed by atoms with E-state index >= 15 is 0 Å². The van der Waals surface area contributed by atoms with Gasteiger partial charge in [0, 0.05) is 12.1 Å². The number of nitrogens with two attached hydrogens (primary N) is 1. The summed E-state index contributed by atoms with van der Waals surface area (Å²) in [5.74, 6) is -0.534. The molecule has 0 spiro atoms. The summed E-state index contributed by atoms with van der Waals surface area (Å²) in [4.78, 5) is 10.6. The molecule has 10 heavy (non-hydrogen) atoms. The molecule has 0 saturated heterocycles. The monoisotopic (exact) mass is 145 g/mol. The highest BCUT2D eigenvalue weighted by atomic mass is 16.6. The fourth-order valence-corrected chi connectivity index (χ4v) is 0.433. The number of esters is 1. The zero-order valence-electron chi connectivity index (χ0n) is 5.83. The maximum absolute atomic E-state index is 10.6. The molecule has 0 aromatic heterocycles. The SMILES string of the molecule is CC(=CCN)C(=O)OCO. The van der Waals surface area contributed by atoms with E-state index < -0.39 is 12.8 Å². The van der Waals surface area contributed by atoms with Crippen molar-refractivity contribution in [2.24, 2.45) is 5.73 Å². The van der Waals surface area contributed by atoms with E-state index in [0.717, 1.165) is 0 Å². The number of hydrogen-bond donors (Lipinski definition) is 2. The van der Waals surface area contributed by atoms with Crippen LogP contribution in [0, 0.1) is 0 Å². The normalized spacial score (nSPS) is 11.3. The first-order chi connectivity index (χ1) is 4.72. The summed E-state index contributed by atoms with van der Waals surface area (Å²) in [5, 5.41) is 8.15. The smallest absolute Gasteiger partial charge is 0.335 e. The summed E-state index contributed by atoms with van der Waals surface area (Å²) in [5.41, 5.74) is 5.53. The van der Waals surface area contributed by atoms with Crippen molar-refractivity contribution in [1.82, 2.24) is 0 Å². The van der Waals surface area contributed by atoms with Crippen molar-refractivity contribution >= 4 is 5.97 Å². The first kappa shape index (κ1) is 9.13. The minimum Gasteiger partial charge on any atom is -0.435 e. The second-order valence-corrected chi connectivity index (χ2v) is 1.68. The Morgan fingerprint density at radius 2 is 2.40 bits per heavy atom. The Hall–Kier alpha value is -0.870. The van der Waals surface area contributed by atoms with Crippen LogP contribution in [0.25, 0.3) is 0 Å². The lowest BCUT2D eigenvalue weighted by molar-refractivity contribution is -0.146. The molecule has 0 amide bonds. The van der Waals surface area contributed by atoms with Crippen LogP contribution >= 0.6 is 0 Å². The standard InChI is InChI=1S/C6H11NO3/c1-5(2-3-7)6(9)10-4-8/h2,8H,3-4,7H2,1H3. The third-order valence-electron chi connectivity index (χ3n) is 0.942. The second kappa shape index (κ2) is 4.96. The lowest BCUT2D eigenvalue weighted by Gasteiger charge is -1.98. The van der Waals surface area contributed by atoms with Crippen molar-refractivity contribution in [2.45, 2.75) is 6.92 Å². The number of carbonyl (C=O) groups excluding carboxylic acids is 1. The van der Waals surface area contributed by atoms with E-state index in [1.165, 1.54) is 6.08 Å². The Morgan fingerprint density at radius 1 is 1.80 bits per heavy atom. The van der Waals surface area contributed by atoms with Crippen LogP contribution in [0.4, 0.5) is 0 Å². The molecule has 3 N–H and O–H groups in total. The van der Waals surface area contributed by atoms with Crippen LogP contribution in [0.5, 0.6) is 0 Å². The Bertz CT molecular complexity index is 142. The molecule has 4 heteroatoms. The lowest BCUT2D eigenvalue weighted by atomic mass is 10.3. The first-order valence-corrected chi connectivity index (χ1v) is 2.87. The van der Waals surface area contributed by atoms with Crippen molar-refractivity contribution < 1.29 is 14.6 Å². The molecule has 0 rings (SSSR count). The molecule has 0 aliphatic carbocycles. The molecule has 0 aromatic rings. The molecule has 0 aliphatic heterocycles. The van der Waals surface area contributed by atoms with E-state index in [4.69, 9.17) is 10.8 Å². The molecular formula is C6H11NO3. The van der Waals surface area contributed by atoms with Gasteiger partial charge in [0.05, 0.1) is 0 Å². The Balaban J connectivity index is 3.82. The quantitative estimate of drug-likeness (QED) is 0.315. The minimum absolute atomic E-state index is 0.298. The molecular weight excluding hydrogens is 134 g/mol. The summed E-state index contributed by atoms with van der Waals surface area (Å²) in [7, 11) is 0. The van der Waals surface area contributed by atoms with Gasteiger partial charge in [0.25, 0.3) is 0 Å². The number of carbonyl (C=O) groups is 1. The zero-order valence-corrected chi connectivity index (χ0v) is 5.83. The van der Waals surface area contributed by atoms with E-state index in [9.17, 15) is 4.79 Å². The molecule has 0 aliphatic rings. The van der Waals surface area contributed by atoms with E-state index in [0.29, 0.717) is 12.1 Å². The summed E-state index contributed by atoms with van der Waals surface area (Å²) in [6.45, 7) is 1.28. The van der Waals surface area contributed by atoms with Gasteiger partial charge in [-0.1, -0.05) is 6.08 Å². The van der Waals surface area contributed by atoms with Crippen molar-refractivity contribution in [1.29, 1.82) is 0 Å². The van der Waals surface area contributed by atoms with Gasteiger partial charge in [-0.2, -0.15) is 0 Å². The predicted molar refractivity (Wildman–Crippen MR) is 36.0 cm³/mol. The molecule has 0 aromatic carbocycles. The van der Waals surface area contributed by atoms with Gasteiger partial charge >= 0.3 is 5.97 Å². The van der Waals surface area contributed by atoms with Crippen molar-refractivity contribution in [3.8, 4) is 0 Å². The van der Waals surface area contributed by atoms with E-state index in [-0.39, 0.29) is 0 Å². The van der Waals surface area contributed by atoms with Gasteiger partial charge in [0.1, 0.15) is 0 Å². The van der Waals surface area contributed by atoms with Crippen LogP contribution in [0.3, 0.4) is 0 Å². The highest BCUT2D eigenvalue weighted by Gasteiger charge is 2.01. The van der Waals surface area contributed by atoms with Crippen molar-refractivity contribution in [3.63, 3.8) is 0 Å². The first-order valence-electron chi connectivity index (χ1n) is 2.87. The molecule has 0 heterocycles. The molecule has 0 unspecified atom stereocenters. The summed E-state index contributed by atoms with van der Waals surface area (Å²) >= 11 is 0. The van der Waals surface area contributed by atoms with Gasteiger partial charge < -0.3 is 15.6 Å². The maximum Gasteiger partial charge on any atom is 0.335 e. The van der Waals surface area contributed by atoms with Crippen molar-refractivity contribution in [3.05, 3.63) is 11.6 Å². The number of aliphatic hydroxyl groups is 1. The van der Waals surface area contributed by atoms with E-state index in [1.54, 1.807) is 6.92 Å². The van der Waals surface area contributed by atoms with Gasteiger partial charge in [-0.15, -0.1) is 0 Å². The van der Waals surface area contributed by atoms with Crippen LogP contribution in [0.1, 0.15) is 6.92 Å². The molecule has 0 fully saturated rings. The third-order valence-corrected chi connectivity index (χ3v) is 0.942. The fourth-order valence-electron chi connectivity index (χ4n) is 0.433. The topological polar surface area (TPSA) is 72.6 Å². The lowest BCUT2D eigenvalue weighted by Crippen LogP contribution is -2.08. The van der Waals surface area contributed by atoms with Crippen LogP contribution in [-0.2, 0) is 9.53 Å². The van der Waals surface area contributed by atoms with Crippen LogP contribution in [0.15, 0.2) is 11.6 Å². The van der Waals surface area contributed by atoms with E-state index in [2.05, 4.69) is 4.74 Å². The second-order valence-electron chi connectivity index (χ2n) is 1.68. The molecule has 58 valence electrons. The molecule has 4 nitrogen and oxygen atoms in total.